The molecule has 3 aromatic rings. The highest BCUT2D eigenvalue weighted by molar-refractivity contribution is 7.13. The van der Waals surface area contributed by atoms with Gasteiger partial charge in [-0.1, -0.05) is 43.3 Å². The molecule has 0 spiro atoms. The van der Waals surface area contributed by atoms with Gasteiger partial charge in [0.25, 0.3) is 0 Å². The van der Waals surface area contributed by atoms with Crippen molar-refractivity contribution in [2.75, 3.05) is 13.1 Å². The van der Waals surface area contributed by atoms with Crippen molar-refractivity contribution in [3.05, 3.63) is 65.2 Å². The van der Waals surface area contributed by atoms with Crippen LogP contribution in [0.2, 0.25) is 0 Å². The number of rotatable bonds is 5. The van der Waals surface area contributed by atoms with Gasteiger partial charge in [0.2, 0.25) is 0 Å². The Kier molecular flexibility index (Phi) is 4.70. The Bertz CT molecular complexity index is 800. The average Bonchev–Trinajstić information content (AvgIpc) is 3.31. The first-order valence-electron chi connectivity index (χ1n) is 8.81. The lowest BCUT2D eigenvalue weighted by Crippen LogP contribution is -2.28. The van der Waals surface area contributed by atoms with Crippen molar-refractivity contribution >= 4 is 11.3 Å². The number of nitrogens with zero attached hydrogens (tertiary/aromatic N) is 3. The lowest BCUT2D eigenvalue weighted by molar-refractivity contribution is 0.319. The quantitative estimate of drug-likeness (QED) is 0.765. The molecular formula is C20H24N4S. The largest absolute Gasteiger partial charge is 0.326 e. The predicted octanol–water partition coefficient (Wildman–Crippen LogP) is 3.44. The van der Waals surface area contributed by atoms with Crippen LogP contribution in [0.1, 0.15) is 18.1 Å². The minimum Gasteiger partial charge on any atom is -0.326 e. The summed E-state index contributed by atoms with van der Waals surface area (Å²) in [5.74, 6) is 0.560. The van der Waals surface area contributed by atoms with Gasteiger partial charge in [-0.05, 0) is 22.9 Å². The first-order chi connectivity index (χ1) is 12.2. The fourth-order valence-electron chi connectivity index (χ4n) is 3.52. The molecule has 0 amide bonds. The Labute approximate surface area is 152 Å². The van der Waals surface area contributed by atoms with E-state index in [0.717, 1.165) is 31.9 Å². The van der Waals surface area contributed by atoms with Crippen molar-refractivity contribution in [1.29, 1.82) is 0 Å². The summed E-state index contributed by atoms with van der Waals surface area (Å²) in [5.41, 5.74) is 9.87. The number of aromatic nitrogens is 2. The van der Waals surface area contributed by atoms with Gasteiger partial charge in [-0.15, -0.1) is 11.3 Å². The molecule has 2 unspecified atom stereocenters. The molecule has 1 aliphatic rings. The summed E-state index contributed by atoms with van der Waals surface area (Å²) >= 11 is 1.75. The molecule has 1 fully saturated rings. The summed E-state index contributed by atoms with van der Waals surface area (Å²) in [6.07, 6.45) is 2.20. The first-order valence-corrected chi connectivity index (χ1v) is 9.69. The molecule has 0 radical (unpaired) electrons. The highest BCUT2D eigenvalue weighted by Crippen LogP contribution is 2.29. The monoisotopic (exact) mass is 352 g/mol. The van der Waals surface area contributed by atoms with Gasteiger partial charge in [0.05, 0.1) is 11.4 Å². The fourth-order valence-corrected chi connectivity index (χ4v) is 4.26. The summed E-state index contributed by atoms with van der Waals surface area (Å²) < 4.78 is 2.07. The van der Waals surface area contributed by atoms with Crippen molar-refractivity contribution in [3.63, 3.8) is 0 Å². The van der Waals surface area contributed by atoms with E-state index in [2.05, 4.69) is 64.5 Å². The van der Waals surface area contributed by atoms with Crippen molar-refractivity contribution in [2.24, 2.45) is 11.7 Å². The lowest BCUT2D eigenvalue weighted by atomic mass is 10.1. The number of thiophene rings is 1. The maximum atomic E-state index is 6.20. The molecule has 2 atom stereocenters. The minimum absolute atomic E-state index is 0.282. The van der Waals surface area contributed by atoms with Crippen molar-refractivity contribution < 1.29 is 0 Å². The second kappa shape index (κ2) is 7.12. The lowest BCUT2D eigenvalue weighted by Gasteiger charge is -2.14. The van der Waals surface area contributed by atoms with Gasteiger partial charge in [-0.2, -0.15) is 5.10 Å². The summed E-state index contributed by atoms with van der Waals surface area (Å²) in [5, 5.41) is 7.01. The number of nitrogens with two attached hydrogens (primary N) is 1. The topological polar surface area (TPSA) is 47.1 Å². The Morgan fingerprint density at radius 1 is 1.12 bits per heavy atom. The Balaban J connectivity index is 1.60. The van der Waals surface area contributed by atoms with E-state index in [1.807, 2.05) is 6.07 Å². The molecule has 5 heteroatoms. The van der Waals surface area contributed by atoms with Crippen LogP contribution in [0.25, 0.3) is 10.6 Å². The smallest absolute Gasteiger partial charge is 0.107 e. The van der Waals surface area contributed by atoms with Crippen LogP contribution in [0, 0.1) is 5.92 Å². The van der Waals surface area contributed by atoms with Crippen molar-refractivity contribution in [3.8, 4) is 10.6 Å². The van der Waals surface area contributed by atoms with E-state index in [-0.39, 0.29) is 6.04 Å². The highest BCUT2D eigenvalue weighted by atomic mass is 32.1. The molecule has 0 saturated carbocycles. The molecule has 130 valence electrons. The molecular weight excluding hydrogens is 328 g/mol. The van der Waals surface area contributed by atoms with Crippen molar-refractivity contribution in [2.45, 2.75) is 26.1 Å². The van der Waals surface area contributed by atoms with Gasteiger partial charge in [0.1, 0.15) is 5.69 Å². The van der Waals surface area contributed by atoms with Gasteiger partial charge < -0.3 is 5.73 Å². The predicted molar refractivity (Wildman–Crippen MR) is 104 cm³/mol. The Morgan fingerprint density at radius 3 is 2.64 bits per heavy atom. The van der Waals surface area contributed by atoms with Gasteiger partial charge in [-0.25, -0.2) is 0 Å². The molecule has 1 aliphatic heterocycles. The number of hydrogen-bond donors (Lipinski definition) is 1. The normalized spacial score (nSPS) is 21.0. The zero-order chi connectivity index (χ0) is 17.2. The summed E-state index contributed by atoms with van der Waals surface area (Å²) in [6, 6.07) is 15.0. The second-order valence-corrected chi connectivity index (χ2v) is 7.95. The molecule has 0 aliphatic carbocycles. The van der Waals surface area contributed by atoms with Crippen LogP contribution in [0.4, 0.5) is 0 Å². The molecule has 2 aromatic heterocycles. The standard InChI is InChI=1S/C20H24N4S/c1-15-10-23(14-18(15)21)12-17-13-24(11-16-6-3-2-4-7-16)22-20(17)19-8-5-9-25-19/h2-9,13,15,18H,10-12,14,21H2,1H3. The van der Waals surface area contributed by atoms with Gasteiger partial charge in [0, 0.05) is 37.4 Å². The van der Waals surface area contributed by atoms with E-state index in [1.165, 1.54) is 16.0 Å². The molecule has 4 rings (SSSR count). The van der Waals surface area contributed by atoms with Crippen LogP contribution in [0.5, 0.6) is 0 Å². The second-order valence-electron chi connectivity index (χ2n) is 7.00. The van der Waals surface area contributed by atoms with Gasteiger partial charge in [0.15, 0.2) is 0 Å². The molecule has 1 aromatic carbocycles. The number of hydrogen-bond acceptors (Lipinski definition) is 4. The molecule has 0 bridgehead atoms. The fraction of sp³-hybridized carbons (Fsp3) is 0.350. The Morgan fingerprint density at radius 2 is 1.96 bits per heavy atom. The maximum Gasteiger partial charge on any atom is 0.107 e. The summed E-state index contributed by atoms with van der Waals surface area (Å²) in [7, 11) is 0. The summed E-state index contributed by atoms with van der Waals surface area (Å²) in [4.78, 5) is 3.69. The number of likely N-dealkylation sites (tertiary alicyclic amines) is 1. The zero-order valence-electron chi connectivity index (χ0n) is 14.5. The van der Waals surface area contributed by atoms with E-state index in [1.54, 1.807) is 11.3 Å². The van der Waals surface area contributed by atoms with Crippen LogP contribution in [-0.4, -0.2) is 33.8 Å². The molecule has 4 nitrogen and oxygen atoms in total. The molecule has 25 heavy (non-hydrogen) atoms. The van der Waals surface area contributed by atoms with Crippen LogP contribution in [0.3, 0.4) is 0 Å². The third-order valence-corrected chi connectivity index (χ3v) is 5.80. The van der Waals surface area contributed by atoms with E-state index in [0.29, 0.717) is 5.92 Å². The van der Waals surface area contributed by atoms with Crippen LogP contribution >= 0.6 is 11.3 Å². The molecule has 3 heterocycles. The zero-order valence-corrected chi connectivity index (χ0v) is 15.3. The van der Waals surface area contributed by atoms with Crippen LogP contribution in [-0.2, 0) is 13.1 Å². The van der Waals surface area contributed by atoms with E-state index in [9.17, 15) is 0 Å². The average molecular weight is 353 g/mol. The third-order valence-electron chi connectivity index (χ3n) is 4.92. The van der Waals surface area contributed by atoms with E-state index in [4.69, 9.17) is 10.8 Å². The van der Waals surface area contributed by atoms with E-state index < -0.39 is 0 Å². The third kappa shape index (κ3) is 3.68. The Hall–Kier alpha value is -1.95. The summed E-state index contributed by atoms with van der Waals surface area (Å²) in [6.45, 7) is 5.99. The van der Waals surface area contributed by atoms with Gasteiger partial charge >= 0.3 is 0 Å². The number of benzene rings is 1. The van der Waals surface area contributed by atoms with Crippen LogP contribution in [0.15, 0.2) is 54.0 Å². The molecule has 2 N–H and O–H groups in total. The van der Waals surface area contributed by atoms with Gasteiger partial charge in [-0.3, -0.25) is 9.58 Å². The minimum atomic E-state index is 0.282. The molecule has 1 saturated heterocycles. The highest BCUT2D eigenvalue weighted by Gasteiger charge is 2.27. The van der Waals surface area contributed by atoms with E-state index >= 15 is 0 Å². The SMILES string of the molecule is CC1CN(Cc2cn(Cc3ccccc3)nc2-c2cccs2)CC1N. The van der Waals surface area contributed by atoms with Crippen molar-refractivity contribution in [1.82, 2.24) is 14.7 Å². The first kappa shape index (κ1) is 16.5. The van der Waals surface area contributed by atoms with Crippen LogP contribution < -0.4 is 5.73 Å². The maximum absolute atomic E-state index is 6.20.